The van der Waals surface area contributed by atoms with Crippen LogP contribution in [0.15, 0.2) is 47.3 Å². The van der Waals surface area contributed by atoms with Crippen LogP contribution in [0, 0.1) is 13.8 Å². The quantitative estimate of drug-likeness (QED) is 0.587. The standard InChI is InChI=1S/C20H18N4O3/c1-12-13(2)24(9-15-4-3-7-25-15)20-18(12)19(21-10-22-20)23-14-5-6-16-17(8-14)27-11-26-16/h3-8,10H,9,11H2,1-2H3,(H,21,22,23). The molecule has 1 aromatic carbocycles. The Bertz CT molecular complexity index is 1130. The summed E-state index contributed by atoms with van der Waals surface area (Å²) in [6, 6.07) is 9.61. The summed E-state index contributed by atoms with van der Waals surface area (Å²) in [5.74, 6) is 3.13. The minimum Gasteiger partial charge on any atom is -0.467 e. The first-order chi connectivity index (χ1) is 13.2. The second kappa shape index (κ2) is 6.05. The predicted molar refractivity (Wildman–Crippen MR) is 101 cm³/mol. The van der Waals surface area contributed by atoms with Crippen LogP contribution in [0.1, 0.15) is 17.0 Å². The molecule has 5 rings (SSSR count). The van der Waals surface area contributed by atoms with Crippen LogP contribution in [-0.2, 0) is 6.54 Å². The monoisotopic (exact) mass is 362 g/mol. The van der Waals surface area contributed by atoms with Crippen LogP contribution in [0.5, 0.6) is 11.5 Å². The Morgan fingerprint density at radius 2 is 2.00 bits per heavy atom. The zero-order chi connectivity index (χ0) is 18.4. The highest BCUT2D eigenvalue weighted by atomic mass is 16.7. The number of ether oxygens (including phenoxy) is 2. The van der Waals surface area contributed by atoms with Gasteiger partial charge in [0, 0.05) is 17.4 Å². The van der Waals surface area contributed by atoms with Gasteiger partial charge in [-0.15, -0.1) is 0 Å². The third kappa shape index (κ3) is 2.59. The van der Waals surface area contributed by atoms with Crippen molar-refractivity contribution in [1.82, 2.24) is 14.5 Å². The zero-order valence-electron chi connectivity index (χ0n) is 15.0. The van der Waals surface area contributed by atoms with E-state index in [1.807, 2.05) is 30.3 Å². The molecular weight excluding hydrogens is 344 g/mol. The van der Waals surface area contributed by atoms with Gasteiger partial charge in [0.25, 0.3) is 0 Å². The number of nitrogens with one attached hydrogen (secondary N) is 1. The Hall–Kier alpha value is -3.48. The third-order valence-corrected chi connectivity index (χ3v) is 4.93. The van der Waals surface area contributed by atoms with Crippen LogP contribution in [0.3, 0.4) is 0 Å². The number of fused-ring (bicyclic) bond motifs is 2. The summed E-state index contributed by atoms with van der Waals surface area (Å²) in [6.07, 6.45) is 3.26. The van der Waals surface area contributed by atoms with E-state index in [0.29, 0.717) is 6.54 Å². The highest BCUT2D eigenvalue weighted by Gasteiger charge is 2.18. The lowest BCUT2D eigenvalue weighted by Gasteiger charge is -2.09. The first kappa shape index (κ1) is 15.7. The number of aryl methyl sites for hydroxylation is 1. The van der Waals surface area contributed by atoms with Crippen LogP contribution in [0.4, 0.5) is 11.5 Å². The van der Waals surface area contributed by atoms with Crippen LogP contribution < -0.4 is 14.8 Å². The van der Waals surface area contributed by atoms with E-state index in [1.165, 1.54) is 0 Å². The molecule has 0 aliphatic carbocycles. The summed E-state index contributed by atoms with van der Waals surface area (Å²) in [5, 5.41) is 4.39. The molecule has 1 aliphatic rings. The molecule has 0 radical (unpaired) electrons. The molecular formula is C20H18N4O3. The third-order valence-electron chi connectivity index (χ3n) is 4.93. The van der Waals surface area contributed by atoms with Crippen LogP contribution >= 0.6 is 0 Å². The van der Waals surface area contributed by atoms with E-state index in [0.717, 1.165) is 51.1 Å². The van der Waals surface area contributed by atoms with Gasteiger partial charge in [0.05, 0.1) is 18.2 Å². The van der Waals surface area contributed by atoms with Crippen LogP contribution in [0.2, 0.25) is 0 Å². The number of hydrogen-bond donors (Lipinski definition) is 1. The Morgan fingerprint density at radius 1 is 1.11 bits per heavy atom. The van der Waals surface area contributed by atoms with E-state index in [9.17, 15) is 0 Å². The fourth-order valence-corrected chi connectivity index (χ4v) is 3.43. The Morgan fingerprint density at radius 3 is 2.85 bits per heavy atom. The van der Waals surface area contributed by atoms with E-state index in [-0.39, 0.29) is 6.79 Å². The zero-order valence-corrected chi connectivity index (χ0v) is 15.0. The molecule has 1 N–H and O–H groups in total. The molecule has 0 saturated heterocycles. The lowest BCUT2D eigenvalue weighted by atomic mass is 10.2. The Labute approximate surface area is 155 Å². The molecule has 0 atom stereocenters. The van der Waals surface area contributed by atoms with E-state index in [4.69, 9.17) is 13.9 Å². The summed E-state index contributed by atoms with van der Waals surface area (Å²) < 4.78 is 18.5. The minimum atomic E-state index is 0.254. The van der Waals surface area contributed by atoms with Gasteiger partial charge in [-0.3, -0.25) is 0 Å². The summed E-state index contributed by atoms with van der Waals surface area (Å²) in [6.45, 7) is 5.06. The lowest BCUT2D eigenvalue weighted by Crippen LogP contribution is -2.02. The van der Waals surface area contributed by atoms with Crippen molar-refractivity contribution in [2.75, 3.05) is 12.1 Å². The predicted octanol–water partition coefficient (Wildman–Crippen LogP) is 4.16. The van der Waals surface area contributed by atoms with Crippen molar-refractivity contribution in [3.63, 3.8) is 0 Å². The first-order valence-electron chi connectivity index (χ1n) is 8.70. The van der Waals surface area contributed by atoms with E-state index < -0.39 is 0 Å². The summed E-state index contributed by atoms with van der Waals surface area (Å²) in [4.78, 5) is 9.01. The number of hydrogen-bond acceptors (Lipinski definition) is 6. The molecule has 0 bridgehead atoms. The SMILES string of the molecule is Cc1c(C)n(Cc2ccco2)c2ncnc(Nc3ccc4c(c3)OCO4)c12. The van der Waals surface area contributed by atoms with Gasteiger partial charge in [0.15, 0.2) is 11.5 Å². The van der Waals surface area contributed by atoms with Crippen molar-refractivity contribution in [1.29, 1.82) is 0 Å². The van der Waals surface area contributed by atoms with E-state index in [1.54, 1.807) is 12.6 Å². The molecule has 0 unspecified atom stereocenters. The molecule has 0 saturated carbocycles. The minimum absolute atomic E-state index is 0.254. The van der Waals surface area contributed by atoms with Crippen molar-refractivity contribution in [2.45, 2.75) is 20.4 Å². The second-order valence-electron chi connectivity index (χ2n) is 6.49. The van der Waals surface area contributed by atoms with Gasteiger partial charge in [-0.25, -0.2) is 9.97 Å². The van der Waals surface area contributed by atoms with Crippen molar-refractivity contribution in [3.05, 3.63) is 59.9 Å². The average Bonchev–Trinajstić information content (AvgIpc) is 3.40. The molecule has 7 nitrogen and oxygen atoms in total. The second-order valence-corrected chi connectivity index (χ2v) is 6.49. The number of anilines is 2. The smallest absolute Gasteiger partial charge is 0.231 e. The van der Waals surface area contributed by atoms with Crippen LogP contribution in [0.25, 0.3) is 11.0 Å². The van der Waals surface area contributed by atoms with Gasteiger partial charge in [-0.05, 0) is 43.7 Å². The molecule has 7 heteroatoms. The molecule has 1 aliphatic heterocycles. The largest absolute Gasteiger partial charge is 0.467 e. The van der Waals surface area contributed by atoms with Crippen molar-refractivity contribution < 1.29 is 13.9 Å². The number of furan rings is 1. The van der Waals surface area contributed by atoms with E-state index in [2.05, 4.69) is 33.7 Å². The Kier molecular flexibility index (Phi) is 3.53. The topological polar surface area (TPSA) is 74.3 Å². The molecule has 0 amide bonds. The normalized spacial score (nSPS) is 12.7. The fourth-order valence-electron chi connectivity index (χ4n) is 3.43. The highest BCUT2D eigenvalue weighted by Crippen LogP contribution is 2.36. The maximum Gasteiger partial charge on any atom is 0.231 e. The highest BCUT2D eigenvalue weighted by molar-refractivity contribution is 5.93. The number of nitrogens with zero attached hydrogens (tertiary/aromatic N) is 3. The number of benzene rings is 1. The summed E-state index contributed by atoms with van der Waals surface area (Å²) >= 11 is 0. The molecule has 27 heavy (non-hydrogen) atoms. The van der Waals surface area contributed by atoms with Gasteiger partial charge in [0.1, 0.15) is 23.6 Å². The van der Waals surface area contributed by atoms with Crippen molar-refractivity contribution in [3.8, 4) is 11.5 Å². The average molecular weight is 362 g/mol. The molecule has 3 aromatic heterocycles. The van der Waals surface area contributed by atoms with Crippen molar-refractivity contribution >= 4 is 22.5 Å². The molecule has 0 fully saturated rings. The van der Waals surface area contributed by atoms with Gasteiger partial charge >= 0.3 is 0 Å². The molecule has 4 aromatic rings. The van der Waals surface area contributed by atoms with E-state index >= 15 is 0 Å². The fraction of sp³-hybridized carbons (Fsp3) is 0.200. The van der Waals surface area contributed by atoms with Crippen LogP contribution in [-0.4, -0.2) is 21.3 Å². The first-order valence-corrected chi connectivity index (χ1v) is 8.70. The van der Waals surface area contributed by atoms with Crippen molar-refractivity contribution in [2.24, 2.45) is 0 Å². The molecule has 0 spiro atoms. The molecule has 4 heterocycles. The van der Waals surface area contributed by atoms with Gasteiger partial charge in [-0.1, -0.05) is 0 Å². The maximum absolute atomic E-state index is 5.51. The molecule has 136 valence electrons. The summed E-state index contributed by atoms with van der Waals surface area (Å²) in [7, 11) is 0. The van der Waals surface area contributed by atoms with Gasteiger partial charge in [-0.2, -0.15) is 0 Å². The maximum atomic E-state index is 5.51. The van der Waals surface area contributed by atoms with Gasteiger partial charge < -0.3 is 23.8 Å². The number of aromatic nitrogens is 3. The lowest BCUT2D eigenvalue weighted by molar-refractivity contribution is 0.174. The summed E-state index contributed by atoms with van der Waals surface area (Å²) in [5.41, 5.74) is 4.03. The van der Waals surface area contributed by atoms with Gasteiger partial charge in [0.2, 0.25) is 6.79 Å². The number of rotatable bonds is 4. The Balaban J connectivity index is 1.57.